The highest BCUT2D eigenvalue weighted by atomic mass is 13.9. The molecule has 0 atom stereocenters. The molecule has 0 aliphatic heterocycles. The summed E-state index contributed by atoms with van der Waals surface area (Å²) in [5, 5.41) is 0. The van der Waals surface area contributed by atoms with Crippen molar-refractivity contribution in [1.29, 1.82) is 0 Å². The second-order valence-electron chi connectivity index (χ2n) is 2.41. The topological polar surface area (TPSA) is 0 Å². The quantitative estimate of drug-likeness (QED) is 0.422. The molecule has 0 aliphatic rings. The van der Waals surface area contributed by atoms with Gasteiger partial charge in [-0.15, -0.1) is 0 Å². The van der Waals surface area contributed by atoms with Gasteiger partial charge in [0.2, 0.25) is 0 Å². The van der Waals surface area contributed by atoms with Crippen LogP contribution in [0.1, 0.15) is 20.3 Å². The molecule has 0 nitrogen and oxygen atoms in total. The maximum Gasteiger partial charge on any atom is -0.0139 e. The van der Waals surface area contributed by atoms with Gasteiger partial charge in [-0.1, -0.05) is 48.6 Å². The Bertz CT molecular complexity index is 180. The largest absolute Gasteiger partial charge is 0.0991 e. The van der Waals surface area contributed by atoms with Gasteiger partial charge >= 0.3 is 0 Å². The lowest BCUT2D eigenvalue weighted by molar-refractivity contribution is 1.21. The normalized spacial score (nSPS) is 13.1. The fraction of sp³-hybridized carbons (Fsp3) is 0.273. The Labute approximate surface area is 69.6 Å². The molecule has 0 saturated heterocycles. The summed E-state index contributed by atoms with van der Waals surface area (Å²) in [7, 11) is 0. The van der Waals surface area contributed by atoms with Gasteiger partial charge in [0.05, 0.1) is 0 Å². The van der Waals surface area contributed by atoms with E-state index in [1.165, 1.54) is 5.57 Å². The first kappa shape index (κ1) is 9.96. The maximum atomic E-state index is 3.59. The van der Waals surface area contributed by atoms with E-state index < -0.39 is 0 Å². The first-order valence-corrected chi connectivity index (χ1v) is 3.87. The SMILES string of the molecule is C=C/C=C\C=C(/C)C/C=C\C. The van der Waals surface area contributed by atoms with Crippen LogP contribution in [0.15, 0.2) is 48.6 Å². The Balaban J connectivity index is 3.80. The lowest BCUT2D eigenvalue weighted by Crippen LogP contribution is -1.69. The molecule has 0 heterocycles. The van der Waals surface area contributed by atoms with Gasteiger partial charge in [0, 0.05) is 0 Å². The van der Waals surface area contributed by atoms with E-state index in [2.05, 4.69) is 31.7 Å². The van der Waals surface area contributed by atoms with Crippen molar-refractivity contribution >= 4 is 0 Å². The van der Waals surface area contributed by atoms with Crippen molar-refractivity contribution in [3.05, 3.63) is 48.6 Å². The van der Waals surface area contributed by atoms with Gasteiger partial charge in [-0.05, 0) is 20.3 Å². The molecule has 0 heteroatoms. The van der Waals surface area contributed by atoms with Crippen LogP contribution in [-0.4, -0.2) is 0 Å². The fourth-order valence-electron chi connectivity index (χ4n) is 0.670. The molecule has 0 rings (SSSR count). The highest BCUT2D eigenvalue weighted by Crippen LogP contribution is 2.00. The number of hydrogen-bond donors (Lipinski definition) is 0. The van der Waals surface area contributed by atoms with Crippen LogP contribution in [0, 0.1) is 0 Å². The zero-order chi connectivity index (χ0) is 8.53. The van der Waals surface area contributed by atoms with Gasteiger partial charge in [-0.3, -0.25) is 0 Å². The Morgan fingerprint density at radius 1 is 1.36 bits per heavy atom. The molecule has 0 amide bonds. The Morgan fingerprint density at radius 3 is 2.64 bits per heavy atom. The van der Waals surface area contributed by atoms with Crippen LogP contribution in [0.2, 0.25) is 0 Å². The van der Waals surface area contributed by atoms with Crippen LogP contribution in [0.25, 0.3) is 0 Å². The summed E-state index contributed by atoms with van der Waals surface area (Å²) in [6.07, 6.45) is 13.1. The van der Waals surface area contributed by atoms with Crippen LogP contribution in [0.4, 0.5) is 0 Å². The number of hydrogen-bond acceptors (Lipinski definition) is 0. The van der Waals surface area contributed by atoms with Crippen molar-refractivity contribution in [1.82, 2.24) is 0 Å². The minimum absolute atomic E-state index is 1.04. The van der Waals surface area contributed by atoms with Gasteiger partial charge in [-0.25, -0.2) is 0 Å². The van der Waals surface area contributed by atoms with E-state index in [4.69, 9.17) is 0 Å². The maximum absolute atomic E-state index is 3.59. The molecule has 0 aliphatic carbocycles. The summed E-state index contributed by atoms with van der Waals surface area (Å²) >= 11 is 0. The summed E-state index contributed by atoms with van der Waals surface area (Å²) in [6, 6.07) is 0. The Morgan fingerprint density at radius 2 is 2.09 bits per heavy atom. The molecule has 0 spiro atoms. The molecule has 0 radical (unpaired) electrons. The highest BCUT2D eigenvalue weighted by Gasteiger charge is 1.79. The molecule has 11 heavy (non-hydrogen) atoms. The third kappa shape index (κ3) is 6.85. The van der Waals surface area contributed by atoms with E-state index in [1.54, 1.807) is 6.08 Å². The van der Waals surface area contributed by atoms with E-state index in [0.717, 1.165) is 6.42 Å². The van der Waals surface area contributed by atoms with Crippen molar-refractivity contribution in [2.24, 2.45) is 0 Å². The van der Waals surface area contributed by atoms with E-state index in [-0.39, 0.29) is 0 Å². The average Bonchev–Trinajstić information content (AvgIpc) is 2.01. The molecule has 0 saturated carbocycles. The molecular weight excluding hydrogens is 132 g/mol. The highest BCUT2D eigenvalue weighted by molar-refractivity contribution is 5.15. The van der Waals surface area contributed by atoms with Crippen LogP contribution in [-0.2, 0) is 0 Å². The molecule has 60 valence electrons. The fourth-order valence-corrected chi connectivity index (χ4v) is 0.670. The van der Waals surface area contributed by atoms with Crippen molar-refractivity contribution in [3.63, 3.8) is 0 Å². The number of allylic oxidation sites excluding steroid dienone is 7. The lowest BCUT2D eigenvalue weighted by atomic mass is 10.2. The monoisotopic (exact) mass is 148 g/mol. The molecule has 0 fully saturated rings. The van der Waals surface area contributed by atoms with Crippen molar-refractivity contribution in [2.75, 3.05) is 0 Å². The second-order valence-corrected chi connectivity index (χ2v) is 2.41. The average molecular weight is 148 g/mol. The van der Waals surface area contributed by atoms with Gasteiger partial charge < -0.3 is 0 Å². The van der Waals surface area contributed by atoms with Crippen LogP contribution in [0.3, 0.4) is 0 Å². The van der Waals surface area contributed by atoms with Crippen LogP contribution < -0.4 is 0 Å². The van der Waals surface area contributed by atoms with E-state index in [0.29, 0.717) is 0 Å². The molecule has 0 aromatic heterocycles. The molecule has 0 bridgehead atoms. The summed E-state index contributed by atoms with van der Waals surface area (Å²) < 4.78 is 0. The Kier molecular flexibility index (Phi) is 6.40. The second kappa shape index (κ2) is 7.07. The van der Waals surface area contributed by atoms with Crippen LogP contribution in [0.5, 0.6) is 0 Å². The predicted octanol–water partition coefficient (Wildman–Crippen LogP) is 3.64. The van der Waals surface area contributed by atoms with Crippen LogP contribution >= 0.6 is 0 Å². The van der Waals surface area contributed by atoms with E-state index >= 15 is 0 Å². The lowest BCUT2D eigenvalue weighted by Gasteiger charge is -1.90. The van der Waals surface area contributed by atoms with E-state index in [1.807, 2.05) is 19.1 Å². The van der Waals surface area contributed by atoms with Gasteiger partial charge in [0.1, 0.15) is 0 Å². The zero-order valence-corrected chi connectivity index (χ0v) is 7.38. The third-order valence-electron chi connectivity index (χ3n) is 1.30. The first-order valence-electron chi connectivity index (χ1n) is 3.87. The molecular formula is C11H16. The molecule has 0 aromatic rings. The molecule has 0 aromatic carbocycles. The predicted molar refractivity (Wildman–Crippen MR) is 52.5 cm³/mol. The van der Waals surface area contributed by atoms with Crippen molar-refractivity contribution < 1.29 is 0 Å². The molecule has 0 unspecified atom stereocenters. The molecule has 0 N–H and O–H groups in total. The van der Waals surface area contributed by atoms with Gasteiger partial charge in [-0.2, -0.15) is 0 Å². The smallest absolute Gasteiger partial charge is 0.0139 e. The summed E-state index contributed by atoms with van der Waals surface area (Å²) in [6.45, 7) is 7.74. The van der Waals surface area contributed by atoms with Crippen molar-refractivity contribution in [3.8, 4) is 0 Å². The standard InChI is InChI=1S/C11H16/c1-4-6-8-10-11(3)9-7-5-2/h4-8,10H,1,9H2,2-3H3/b7-5-,8-6-,11-10+. The zero-order valence-electron chi connectivity index (χ0n) is 7.38. The van der Waals surface area contributed by atoms with Gasteiger partial charge in [0.25, 0.3) is 0 Å². The van der Waals surface area contributed by atoms with E-state index in [9.17, 15) is 0 Å². The number of rotatable bonds is 4. The summed E-state index contributed by atoms with van der Waals surface area (Å²) in [5.74, 6) is 0. The first-order chi connectivity index (χ1) is 5.31. The minimum atomic E-state index is 1.04. The minimum Gasteiger partial charge on any atom is -0.0991 e. The summed E-state index contributed by atoms with van der Waals surface area (Å²) in [4.78, 5) is 0. The van der Waals surface area contributed by atoms with Crippen molar-refractivity contribution in [2.45, 2.75) is 20.3 Å². The summed E-state index contributed by atoms with van der Waals surface area (Å²) in [5.41, 5.74) is 1.36. The Hall–Kier alpha value is -1.04. The third-order valence-corrected chi connectivity index (χ3v) is 1.30. The van der Waals surface area contributed by atoms with Gasteiger partial charge in [0.15, 0.2) is 0 Å².